The molecule has 2 nitrogen and oxygen atoms in total. The van der Waals surface area contributed by atoms with Crippen molar-refractivity contribution in [2.45, 2.75) is 19.4 Å². The number of aliphatic hydroxyl groups is 1. The normalized spacial score (nSPS) is 14.8. The topological polar surface area (TPSA) is 23.5 Å². The van der Waals surface area contributed by atoms with Gasteiger partial charge >= 0.3 is 0 Å². The van der Waals surface area contributed by atoms with E-state index in [0.717, 1.165) is 37.2 Å². The van der Waals surface area contributed by atoms with Crippen molar-refractivity contribution in [2.75, 3.05) is 18.0 Å². The number of rotatable bonds is 2. The summed E-state index contributed by atoms with van der Waals surface area (Å²) in [7, 11) is 0. The van der Waals surface area contributed by atoms with Crippen LogP contribution in [0.4, 0.5) is 5.69 Å². The summed E-state index contributed by atoms with van der Waals surface area (Å²) in [5.74, 6) is 0. The predicted octanol–water partition coefficient (Wildman–Crippen LogP) is 3.44. The predicted molar refractivity (Wildman–Crippen MR) is 83.4 cm³/mol. The molecule has 1 N–H and O–H groups in total. The van der Waals surface area contributed by atoms with Crippen LogP contribution in [0.25, 0.3) is 0 Å². The Morgan fingerprint density at radius 1 is 1.00 bits per heavy atom. The van der Waals surface area contributed by atoms with E-state index >= 15 is 0 Å². The van der Waals surface area contributed by atoms with Gasteiger partial charge in [-0.3, -0.25) is 0 Å². The number of hydrogen-bond donors (Lipinski definition) is 1. The molecule has 0 spiro atoms. The van der Waals surface area contributed by atoms with Gasteiger partial charge in [0.2, 0.25) is 0 Å². The fourth-order valence-corrected chi connectivity index (χ4v) is 3.02. The molecule has 0 saturated carbocycles. The second-order valence-electron chi connectivity index (χ2n) is 5.19. The van der Waals surface area contributed by atoms with Gasteiger partial charge in [-0.2, -0.15) is 0 Å². The number of fused-ring (bicyclic) bond motifs is 1. The molecule has 1 aliphatic rings. The molecule has 104 valence electrons. The zero-order valence-corrected chi connectivity index (χ0v) is 12.1. The Bertz CT molecular complexity index is 585. The van der Waals surface area contributed by atoms with Crippen LogP contribution < -0.4 is 4.90 Å². The van der Waals surface area contributed by atoms with Crippen LogP contribution in [0.15, 0.2) is 42.5 Å². The number of aliphatic hydroxyl groups excluding tert-OH is 1. The number of halogens is 1. The Hall–Kier alpha value is -1.51. The van der Waals surface area contributed by atoms with Crippen LogP contribution in [0, 0.1) is 0 Å². The summed E-state index contributed by atoms with van der Waals surface area (Å²) < 4.78 is 0. The van der Waals surface area contributed by atoms with Crippen LogP contribution in [0.2, 0.25) is 5.02 Å². The summed E-state index contributed by atoms with van der Waals surface area (Å²) >= 11 is 6.19. The van der Waals surface area contributed by atoms with Crippen molar-refractivity contribution in [1.82, 2.24) is 0 Å². The van der Waals surface area contributed by atoms with Crippen molar-refractivity contribution in [2.24, 2.45) is 0 Å². The summed E-state index contributed by atoms with van der Waals surface area (Å²) in [6, 6.07) is 14.6. The molecule has 0 aromatic heterocycles. The fourth-order valence-electron chi connectivity index (χ4n) is 2.79. The second kappa shape index (κ2) is 5.86. The van der Waals surface area contributed by atoms with E-state index in [1.165, 1.54) is 11.1 Å². The molecule has 0 fully saturated rings. The smallest absolute Gasteiger partial charge is 0.0696 e. The molecule has 0 saturated heterocycles. The summed E-state index contributed by atoms with van der Waals surface area (Å²) in [4.78, 5) is 2.37. The SMILES string of the molecule is OCc1ccc(N2CCc3ccccc3CC2)cc1Cl. The molecule has 0 aliphatic carbocycles. The van der Waals surface area contributed by atoms with E-state index < -0.39 is 0 Å². The first-order valence-electron chi connectivity index (χ1n) is 6.99. The molecule has 0 amide bonds. The van der Waals surface area contributed by atoms with Crippen LogP contribution in [0.3, 0.4) is 0 Å². The van der Waals surface area contributed by atoms with Crippen molar-refractivity contribution < 1.29 is 5.11 Å². The van der Waals surface area contributed by atoms with Gasteiger partial charge in [0.1, 0.15) is 0 Å². The third-order valence-electron chi connectivity index (χ3n) is 3.99. The van der Waals surface area contributed by atoms with Gasteiger partial charge in [0.15, 0.2) is 0 Å². The van der Waals surface area contributed by atoms with Crippen LogP contribution >= 0.6 is 11.6 Å². The highest BCUT2D eigenvalue weighted by Crippen LogP contribution is 2.26. The molecular weight excluding hydrogens is 270 g/mol. The Morgan fingerprint density at radius 3 is 2.20 bits per heavy atom. The third-order valence-corrected chi connectivity index (χ3v) is 4.34. The minimum absolute atomic E-state index is 0.00937. The van der Waals surface area contributed by atoms with Gasteiger partial charge in [-0.25, -0.2) is 0 Å². The van der Waals surface area contributed by atoms with Crippen molar-refractivity contribution in [3.8, 4) is 0 Å². The Kier molecular flexibility index (Phi) is 3.95. The highest BCUT2D eigenvalue weighted by Gasteiger charge is 2.14. The maximum atomic E-state index is 9.18. The van der Waals surface area contributed by atoms with Gasteiger partial charge in [0.05, 0.1) is 6.61 Å². The third kappa shape index (κ3) is 2.67. The quantitative estimate of drug-likeness (QED) is 0.915. The van der Waals surface area contributed by atoms with E-state index in [-0.39, 0.29) is 6.61 Å². The van der Waals surface area contributed by atoms with Gasteiger partial charge in [0.25, 0.3) is 0 Å². The largest absolute Gasteiger partial charge is 0.392 e. The number of nitrogens with zero attached hydrogens (tertiary/aromatic N) is 1. The van der Waals surface area contributed by atoms with Crippen LogP contribution in [0.5, 0.6) is 0 Å². The van der Waals surface area contributed by atoms with E-state index in [9.17, 15) is 5.11 Å². The molecule has 0 radical (unpaired) electrons. The molecule has 3 rings (SSSR count). The first-order chi connectivity index (χ1) is 9.78. The molecule has 20 heavy (non-hydrogen) atoms. The standard InChI is InChI=1S/C17H18ClNO/c18-17-11-16(6-5-15(17)12-20)19-9-7-13-3-1-2-4-14(13)8-10-19/h1-6,11,20H,7-10,12H2. The highest BCUT2D eigenvalue weighted by molar-refractivity contribution is 6.31. The van der Waals surface area contributed by atoms with E-state index in [4.69, 9.17) is 11.6 Å². The van der Waals surface area contributed by atoms with Gasteiger partial charge in [-0.05, 0) is 41.7 Å². The summed E-state index contributed by atoms with van der Waals surface area (Å²) in [6.07, 6.45) is 2.13. The summed E-state index contributed by atoms with van der Waals surface area (Å²) in [5.41, 5.74) is 4.83. The van der Waals surface area contributed by atoms with Gasteiger partial charge < -0.3 is 10.0 Å². The lowest BCUT2D eigenvalue weighted by molar-refractivity contribution is 0.282. The van der Waals surface area contributed by atoms with Gasteiger partial charge in [-0.15, -0.1) is 0 Å². The molecule has 3 heteroatoms. The average molecular weight is 288 g/mol. The Balaban J connectivity index is 1.81. The Morgan fingerprint density at radius 2 is 1.65 bits per heavy atom. The van der Waals surface area contributed by atoms with E-state index in [2.05, 4.69) is 29.2 Å². The minimum atomic E-state index is -0.00937. The second-order valence-corrected chi connectivity index (χ2v) is 5.60. The van der Waals surface area contributed by atoms with Crippen molar-refractivity contribution in [3.05, 3.63) is 64.2 Å². The first-order valence-corrected chi connectivity index (χ1v) is 7.37. The maximum Gasteiger partial charge on any atom is 0.0696 e. The molecule has 2 aromatic carbocycles. The lowest BCUT2D eigenvalue weighted by atomic mass is 10.0. The molecule has 0 unspecified atom stereocenters. The summed E-state index contributed by atoms with van der Waals surface area (Å²) in [5, 5.41) is 9.83. The molecule has 0 atom stereocenters. The lowest BCUT2D eigenvalue weighted by Crippen LogP contribution is -2.25. The minimum Gasteiger partial charge on any atom is -0.392 e. The zero-order chi connectivity index (χ0) is 13.9. The molecule has 1 aliphatic heterocycles. The van der Waals surface area contributed by atoms with Crippen LogP contribution in [-0.4, -0.2) is 18.2 Å². The number of anilines is 1. The lowest BCUT2D eigenvalue weighted by Gasteiger charge is -2.23. The monoisotopic (exact) mass is 287 g/mol. The molecular formula is C17H18ClNO. The number of benzene rings is 2. The highest BCUT2D eigenvalue weighted by atomic mass is 35.5. The van der Waals surface area contributed by atoms with Gasteiger partial charge in [0, 0.05) is 23.8 Å². The Labute approximate surface area is 124 Å². The van der Waals surface area contributed by atoms with Gasteiger partial charge in [-0.1, -0.05) is 41.9 Å². The average Bonchev–Trinajstić information content (AvgIpc) is 2.70. The van der Waals surface area contributed by atoms with E-state index in [1.807, 2.05) is 18.2 Å². The van der Waals surface area contributed by atoms with Crippen LogP contribution in [-0.2, 0) is 19.4 Å². The zero-order valence-electron chi connectivity index (χ0n) is 11.3. The van der Waals surface area contributed by atoms with E-state index in [0.29, 0.717) is 5.02 Å². The van der Waals surface area contributed by atoms with Crippen molar-refractivity contribution in [3.63, 3.8) is 0 Å². The molecule has 1 heterocycles. The maximum absolute atomic E-state index is 9.18. The summed E-state index contributed by atoms with van der Waals surface area (Å²) in [6.45, 7) is 2.00. The molecule has 2 aromatic rings. The van der Waals surface area contributed by atoms with Crippen molar-refractivity contribution >= 4 is 17.3 Å². The van der Waals surface area contributed by atoms with Crippen molar-refractivity contribution in [1.29, 1.82) is 0 Å². The van der Waals surface area contributed by atoms with E-state index in [1.54, 1.807) is 0 Å². The van der Waals surface area contributed by atoms with Crippen LogP contribution in [0.1, 0.15) is 16.7 Å². The molecule has 0 bridgehead atoms. The fraction of sp³-hybridized carbons (Fsp3) is 0.294. The first kappa shape index (κ1) is 13.5. The number of hydrogen-bond acceptors (Lipinski definition) is 2.